The lowest BCUT2D eigenvalue weighted by Gasteiger charge is -2.02. The highest BCUT2D eigenvalue weighted by Gasteiger charge is 2.15. The van der Waals surface area contributed by atoms with Gasteiger partial charge in [0.15, 0.2) is 11.5 Å². The maximum absolute atomic E-state index is 12.1. The Kier molecular flexibility index (Phi) is 3.27. The van der Waals surface area contributed by atoms with Crippen LogP contribution >= 0.6 is 0 Å². The summed E-state index contributed by atoms with van der Waals surface area (Å²) in [7, 11) is 0. The molecule has 3 rings (SSSR count). The molecule has 0 spiro atoms. The molecular weight excluding hydrogens is 268 g/mol. The zero-order valence-corrected chi connectivity index (χ0v) is 10.9. The first-order chi connectivity index (χ1) is 10.3. The van der Waals surface area contributed by atoms with E-state index in [2.05, 4.69) is 16.4 Å². The van der Waals surface area contributed by atoms with Crippen LogP contribution in [0.1, 0.15) is 16.1 Å². The fraction of sp³-hybridized carbons (Fsp3) is 0. The lowest BCUT2D eigenvalue weighted by Crippen LogP contribution is -2.12. The molecule has 2 aromatic heterocycles. The molecule has 0 aliphatic carbocycles. The van der Waals surface area contributed by atoms with Gasteiger partial charge in [-0.05, 0) is 30.3 Å². The number of carbonyl (C=O) groups is 1. The number of nitrogens with one attached hydrogen (secondary N) is 1. The van der Waals surface area contributed by atoms with Crippen LogP contribution in [0.15, 0.2) is 57.7 Å². The number of aromatic nitrogens is 1. The zero-order chi connectivity index (χ0) is 14.7. The van der Waals surface area contributed by atoms with E-state index in [0.717, 1.165) is 0 Å². The monoisotopic (exact) mass is 278 g/mol. The van der Waals surface area contributed by atoms with Crippen molar-refractivity contribution in [1.82, 2.24) is 5.16 Å². The lowest BCUT2D eigenvalue weighted by atomic mass is 10.2. The molecular formula is C16H10N2O3. The largest absolute Gasteiger partial charge is 0.461 e. The molecule has 21 heavy (non-hydrogen) atoms. The predicted molar refractivity (Wildman–Crippen MR) is 76.5 cm³/mol. The third kappa shape index (κ3) is 2.69. The van der Waals surface area contributed by atoms with Crippen LogP contribution < -0.4 is 5.32 Å². The van der Waals surface area contributed by atoms with Gasteiger partial charge in [-0.3, -0.25) is 4.79 Å². The number of anilines is 1. The van der Waals surface area contributed by atoms with Crippen molar-refractivity contribution in [2.24, 2.45) is 0 Å². The number of amides is 1. The van der Waals surface area contributed by atoms with E-state index in [9.17, 15) is 4.79 Å². The molecule has 5 heteroatoms. The molecule has 0 radical (unpaired) electrons. The summed E-state index contributed by atoms with van der Waals surface area (Å²) >= 11 is 0. The van der Waals surface area contributed by atoms with E-state index < -0.39 is 0 Å². The minimum absolute atomic E-state index is 0.160. The zero-order valence-electron chi connectivity index (χ0n) is 10.9. The standard InChI is InChI=1S/C16H10N2O3/c1-2-11-5-3-6-12(9-11)17-16(19)13-10-15(21-18-13)14-7-4-8-20-14/h1,3-10H,(H,17,19). The molecule has 0 saturated heterocycles. The van der Waals surface area contributed by atoms with Gasteiger partial charge in [0.1, 0.15) is 0 Å². The molecule has 0 bridgehead atoms. The smallest absolute Gasteiger partial charge is 0.277 e. The van der Waals surface area contributed by atoms with Crippen LogP contribution in [0.3, 0.4) is 0 Å². The van der Waals surface area contributed by atoms with Crippen LogP contribution in [0.5, 0.6) is 0 Å². The maximum Gasteiger partial charge on any atom is 0.277 e. The van der Waals surface area contributed by atoms with Gasteiger partial charge in [0.25, 0.3) is 5.91 Å². The fourth-order valence-electron chi connectivity index (χ4n) is 1.80. The van der Waals surface area contributed by atoms with Gasteiger partial charge in [0, 0.05) is 17.3 Å². The van der Waals surface area contributed by atoms with E-state index in [4.69, 9.17) is 15.4 Å². The van der Waals surface area contributed by atoms with Crippen molar-refractivity contribution in [3.8, 4) is 23.9 Å². The Morgan fingerprint density at radius 1 is 1.19 bits per heavy atom. The molecule has 0 aliphatic heterocycles. The maximum atomic E-state index is 12.1. The van der Waals surface area contributed by atoms with Gasteiger partial charge in [-0.25, -0.2) is 0 Å². The summed E-state index contributed by atoms with van der Waals surface area (Å²) in [5.74, 6) is 3.02. The summed E-state index contributed by atoms with van der Waals surface area (Å²) < 4.78 is 10.2. The van der Waals surface area contributed by atoms with Gasteiger partial charge in [0.05, 0.1) is 6.26 Å². The van der Waals surface area contributed by atoms with Crippen molar-refractivity contribution in [3.63, 3.8) is 0 Å². The minimum Gasteiger partial charge on any atom is -0.461 e. The summed E-state index contributed by atoms with van der Waals surface area (Å²) in [6.45, 7) is 0. The number of benzene rings is 1. The van der Waals surface area contributed by atoms with E-state index in [-0.39, 0.29) is 11.6 Å². The third-order valence-corrected chi connectivity index (χ3v) is 2.79. The Bertz CT molecular complexity index is 810. The summed E-state index contributed by atoms with van der Waals surface area (Å²) in [4.78, 5) is 12.1. The van der Waals surface area contributed by atoms with Gasteiger partial charge in [-0.15, -0.1) is 6.42 Å². The number of carbonyl (C=O) groups excluding carboxylic acids is 1. The fourth-order valence-corrected chi connectivity index (χ4v) is 1.80. The van der Waals surface area contributed by atoms with Gasteiger partial charge < -0.3 is 14.3 Å². The lowest BCUT2D eigenvalue weighted by molar-refractivity contribution is 0.101. The van der Waals surface area contributed by atoms with Crippen LogP contribution in [-0.2, 0) is 0 Å². The van der Waals surface area contributed by atoms with Crippen LogP contribution in [0, 0.1) is 12.3 Å². The second kappa shape index (κ2) is 5.39. The summed E-state index contributed by atoms with van der Waals surface area (Å²) in [6, 6.07) is 11.9. The second-order valence-electron chi connectivity index (χ2n) is 4.23. The third-order valence-electron chi connectivity index (χ3n) is 2.79. The molecule has 0 atom stereocenters. The van der Waals surface area contributed by atoms with Crippen molar-refractivity contribution >= 4 is 11.6 Å². The van der Waals surface area contributed by atoms with Gasteiger partial charge in [-0.2, -0.15) is 0 Å². The average molecular weight is 278 g/mol. The molecule has 0 fully saturated rings. The molecule has 0 saturated carbocycles. The van der Waals surface area contributed by atoms with Crippen LogP contribution in [0.4, 0.5) is 5.69 Å². The van der Waals surface area contributed by atoms with E-state index in [1.807, 2.05) is 0 Å². The number of furan rings is 1. The van der Waals surface area contributed by atoms with E-state index in [1.54, 1.807) is 36.4 Å². The van der Waals surface area contributed by atoms with Crippen molar-refractivity contribution < 1.29 is 13.7 Å². The van der Waals surface area contributed by atoms with Gasteiger partial charge in [0.2, 0.25) is 5.76 Å². The molecule has 1 aromatic carbocycles. The Hall–Kier alpha value is -3.26. The highest BCUT2D eigenvalue weighted by Crippen LogP contribution is 2.21. The summed E-state index contributed by atoms with van der Waals surface area (Å²) in [6.07, 6.45) is 6.83. The Morgan fingerprint density at radius 2 is 2.10 bits per heavy atom. The topological polar surface area (TPSA) is 68.3 Å². The number of rotatable bonds is 3. The van der Waals surface area contributed by atoms with Crippen molar-refractivity contribution in [2.45, 2.75) is 0 Å². The number of nitrogens with zero attached hydrogens (tertiary/aromatic N) is 1. The predicted octanol–water partition coefficient (Wildman–Crippen LogP) is 3.17. The van der Waals surface area contributed by atoms with Crippen LogP contribution in [-0.4, -0.2) is 11.1 Å². The Balaban J connectivity index is 1.78. The van der Waals surface area contributed by atoms with E-state index >= 15 is 0 Å². The highest BCUT2D eigenvalue weighted by molar-refractivity contribution is 6.03. The second-order valence-corrected chi connectivity index (χ2v) is 4.23. The van der Waals surface area contributed by atoms with Crippen LogP contribution in [0.2, 0.25) is 0 Å². The molecule has 3 aromatic rings. The first-order valence-corrected chi connectivity index (χ1v) is 6.15. The first-order valence-electron chi connectivity index (χ1n) is 6.15. The number of terminal acetylenes is 1. The SMILES string of the molecule is C#Cc1cccc(NC(=O)c2cc(-c3ccco3)on2)c1. The Morgan fingerprint density at radius 3 is 2.86 bits per heavy atom. The van der Waals surface area contributed by atoms with Gasteiger partial charge >= 0.3 is 0 Å². The normalized spacial score (nSPS) is 10.0. The summed E-state index contributed by atoms with van der Waals surface area (Å²) in [5, 5.41) is 6.43. The quantitative estimate of drug-likeness (QED) is 0.747. The molecule has 2 heterocycles. The van der Waals surface area contributed by atoms with Crippen LogP contribution in [0.25, 0.3) is 11.5 Å². The van der Waals surface area contributed by atoms with Crippen molar-refractivity contribution in [3.05, 3.63) is 60.0 Å². The van der Waals surface area contributed by atoms with Crippen molar-refractivity contribution in [2.75, 3.05) is 5.32 Å². The minimum atomic E-state index is -0.384. The van der Waals surface area contributed by atoms with Gasteiger partial charge in [-0.1, -0.05) is 17.1 Å². The highest BCUT2D eigenvalue weighted by atomic mass is 16.5. The Labute approximate surface area is 120 Å². The molecule has 1 amide bonds. The summed E-state index contributed by atoms with van der Waals surface area (Å²) in [5.41, 5.74) is 1.44. The first kappa shape index (κ1) is 12.8. The molecule has 102 valence electrons. The van der Waals surface area contributed by atoms with E-state index in [0.29, 0.717) is 22.8 Å². The van der Waals surface area contributed by atoms with E-state index in [1.165, 1.54) is 12.3 Å². The molecule has 5 nitrogen and oxygen atoms in total. The molecule has 1 N–H and O–H groups in total. The number of hydrogen-bond donors (Lipinski definition) is 1. The molecule has 0 unspecified atom stereocenters. The number of hydrogen-bond acceptors (Lipinski definition) is 4. The average Bonchev–Trinajstić information content (AvgIpc) is 3.18. The molecule has 0 aliphatic rings. The van der Waals surface area contributed by atoms with Crippen molar-refractivity contribution in [1.29, 1.82) is 0 Å².